The maximum absolute atomic E-state index is 6.29. The van der Waals surface area contributed by atoms with Crippen LogP contribution in [0.4, 0.5) is 17.1 Å². The topological polar surface area (TPSA) is 16.4 Å². The smallest absolute Gasteiger partial charge is 0.135 e. The molecule has 0 spiro atoms. The van der Waals surface area contributed by atoms with Crippen molar-refractivity contribution in [2.24, 2.45) is 0 Å². The SMILES string of the molecule is c1ccc(-c2ccc(-c3ccccc3N(c3cccc(-c4cc5ccccc5o4)c3)c3cccc4ccccc34)cc2)cc1. The van der Waals surface area contributed by atoms with Crippen molar-refractivity contribution in [3.63, 3.8) is 0 Å². The van der Waals surface area contributed by atoms with E-state index in [1.54, 1.807) is 0 Å². The van der Waals surface area contributed by atoms with Crippen LogP contribution in [0.2, 0.25) is 0 Å². The highest BCUT2D eigenvalue weighted by Gasteiger charge is 2.20. The predicted octanol–water partition coefficient (Wildman–Crippen LogP) is 12.1. The Bertz CT molecular complexity index is 2190. The predicted molar refractivity (Wildman–Crippen MR) is 185 cm³/mol. The molecular formula is C42H29NO. The van der Waals surface area contributed by atoms with Crippen LogP contribution in [-0.2, 0) is 0 Å². The van der Waals surface area contributed by atoms with Crippen molar-refractivity contribution in [3.05, 3.63) is 176 Å². The molecule has 2 nitrogen and oxygen atoms in total. The quantitative estimate of drug-likeness (QED) is 0.200. The molecule has 8 aromatic rings. The maximum atomic E-state index is 6.29. The number of benzene rings is 7. The molecule has 0 N–H and O–H groups in total. The van der Waals surface area contributed by atoms with Crippen molar-refractivity contribution >= 4 is 38.8 Å². The van der Waals surface area contributed by atoms with E-state index in [1.807, 2.05) is 18.2 Å². The van der Waals surface area contributed by atoms with Gasteiger partial charge in [0.1, 0.15) is 11.3 Å². The molecule has 44 heavy (non-hydrogen) atoms. The van der Waals surface area contributed by atoms with Gasteiger partial charge in [-0.05, 0) is 58.5 Å². The molecule has 0 aliphatic rings. The largest absolute Gasteiger partial charge is 0.456 e. The van der Waals surface area contributed by atoms with Gasteiger partial charge in [0.2, 0.25) is 0 Å². The Morgan fingerprint density at radius 2 is 1.00 bits per heavy atom. The molecular weight excluding hydrogens is 534 g/mol. The first-order valence-electron chi connectivity index (χ1n) is 14.9. The zero-order valence-corrected chi connectivity index (χ0v) is 24.1. The standard InChI is InChI=1S/C42H29NO/c1-2-12-30(13-3-1)31-24-26-33(27-25-31)38-20-7-8-21-39(38)43(40-22-11-16-32-14-4-6-19-37(32)40)36-18-10-17-34(28-36)42-29-35-15-5-9-23-41(35)44-42/h1-29H. The van der Waals surface area contributed by atoms with E-state index in [-0.39, 0.29) is 0 Å². The van der Waals surface area contributed by atoms with Crippen LogP contribution in [0.3, 0.4) is 0 Å². The van der Waals surface area contributed by atoms with E-state index in [4.69, 9.17) is 4.42 Å². The molecule has 0 atom stereocenters. The summed E-state index contributed by atoms with van der Waals surface area (Å²) >= 11 is 0. The van der Waals surface area contributed by atoms with Gasteiger partial charge in [0.05, 0.1) is 11.4 Å². The lowest BCUT2D eigenvalue weighted by Crippen LogP contribution is -2.11. The Morgan fingerprint density at radius 1 is 0.386 bits per heavy atom. The Morgan fingerprint density at radius 3 is 1.86 bits per heavy atom. The minimum atomic E-state index is 0.857. The zero-order chi connectivity index (χ0) is 29.3. The van der Waals surface area contributed by atoms with Crippen LogP contribution in [0.5, 0.6) is 0 Å². The molecule has 1 aromatic heterocycles. The normalized spacial score (nSPS) is 11.2. The van der Waals surface area contributed by atoms with Gasteiger partial charge < -0.3 is 9.32 Å². The van der Waals surface area contributed by atoms with Crippen LogP contribution >= 0.6 is 0 Å². The van der Waals surface area contributed by atoms with E-state index >= 15 is 0 Å². The summed E-state index contributed by atoms with van der Waals surface area (Å²) in [6, 6.07) is 62.2. The molecule has 0 unspecified atom stereocenters. The number of hydrogen-bond acceptors (Lipinski definition) is 2. The van der Waals surface area contributed by atoms with Gasteiger partial charge in [-0.25, -0.2) is 0 Å². The Hall–Kier alpha value is -5.86. The second kappa shape index (κ2) is 11.1. The average Bonchev–Trinajstić information content (AvgIpc) is 3.54. The third kappa shape index (κ3) is 4.73. The lowest BCUT2D eigenvalue weighted by molar-refractivity contribution is 0.631. The molecule has 0 bridgehead atoms. The molecule has 0 aliphatic heterocycles. The van der Waals surface area contributed by atoms with Crippen LogP contribution in [0.25, 0.3) is 55.3 Å². The Labute approximate surface area is 257 Å². The first-order valence-corrected chi connectivity index (χ1v) is 14.9. The fraction of sp³-hybridized carbons (Fsp3) is 0. The van der Waals surface area contributed by atoms with Gasteiger partial charge in [-0.2, -0.15) is 0 Å². The first kappa shape index (κ1) is 25.8. The van der Waals surface area contributed by atoms with Crippen molar-refractivity contribution in [3.8, 4) is 33.6 Å². The fourth-order valence-corrected chi connectivity index (χ4v) is 6.12. The summed E-state index contributed by atoms with van der Waals surface area (Å²) in [4.78, 5) is 2.38. The van der Waals surface area contributed by atoms with Gasteiger partial charge in [-0.1, -0.05) is 140 Å². The van der Waals surface area contributed by atoms with Gasteiger partial charge in [-0.3, -0.25) is 0 Å². The highest BCUT2D eigenvalue weighted by Crippen LogP contribution is 2.44. The van der Waals surface area contributed by atoms with Gasteiger partial charge in [0.25, 0.3) is 0 Å². The van der Waals surface area contributed by atoms with E-state index in [0.717, 1.165) is 44.9 Å². The maximum Gasteiger partial charge on any atom is 0.135 e. The van der Waals surface area contributed by atoms with Crippen molar-refractivity contribution in [1.82, 2.24) is 0 Å². The molecule has 0 fully saturated rings. The number of furan rings is 1. The Kier molecular flexibility index (Phi) is 6.51. The van der Waals surface area contributed by atoms with Crippen molar-refractivity contribution in [2.45, 2.75) is 0 Å². The lowest BCUT2D eigenvalue weighted by Gasteiger charge is -2.29. The van der Waals surface area contributed by atoms with Crippen molar-refractivity contribution in [2.75, 3.05) is 4.90 Å². The average molecular weight is 564 g/mol. The second-order valence-corrected chi connectivity index (χ2v) is 11.0. The summed E-state index contributed by atoms with van der Waals surface area (Å²) in [7, 11) is 0. The third-order valence-electron chi connectivity index (χ3n) is 8.27. The van der Waals surface area contributed by atoms with E-state index in [1.165, 1.54) is 27.5 Å². The highest BCUT2D eigenvalue weighted by atomic mass is 16.3. The molecule has 0 saturated carbocycles. The van der Waals surface area contributed by atoms with Crippen LogP contribution in [-0.4, -0.2) is 0 Å². The second-order valence-electron chi connectivity index (χ2n) is 11.0. The van der Waals surface area contributed by atoms with E-state index < -0.39 is 0 Å². The lowest BCUT2D eigenvalue weighted by atomic mass is 9.97. The van der Waals surface area contributed by atoms with Crippen LogP contribution < -0.4 is 4.90 Å². The van der Waals surface area contributed by atoms with Crippen LogP contribution in [0, 0.1) is 0 Å². The molecule has 2 heteroatoms. The molecule has 1 heterocycles. The number of fused-ring (bicyclic) bond motifs is 2. The fourth-order valence-electron chi connectivity index (χ4n) is 6.12. The van der Waals surface area contributed by atoms with Crippen molar-refractivity contribution < 1.29 is 4.42 Å². The first-order chi connectivity index (χ1) is 21.8. The minimum Gasteiger partial charge on any atom is -0.456 e. The summed E-state index contributed by atoms with van der Waals surface area (Å²) in [5, 5.41) is 3.50. The molecule has 8 rings (SSSR count). The summed E-state index contributed by atoms with van der Waals surface area (Å²) in [5.41, 5.74) is 9.97. The Balaban J connectivity index is 1.30. The van der Waals surface area contributed by atoms with Gasteiger partial charge in [-0.15, -0.1) is 0 Å². The van der Waals surface area contributed by atoms with Gasteiger partial charge in [0.15, 0.2) is 0 Å². The number of nitrogens with zero attached hydrogens (tertiary/aromatic N) is 1. The number of para-hydroxylation sites is 2. The summed E-state index contributed by atoms with van der Waals surface area (Å²) < 4.78 is 6.29. The molecule has 7 aromatic carbocycles. The molecule has 0 saturated heterocycles. The van der Waals surface area contributed by atoms with E-state index in [0.29, 0.717) is 0 Å². The number of hydrogen-bond donors (Lipinski definition) is 0. The zero-order valence-electron chi connectivity index (χ0n) is 24.1. The number of rotatable bonds is 6. The summed E-state index contributed by atoms with van der Waals surface area (Å²) in [6.45, 7) is 0. The van der Waals surface area contributed by atoms with Crippen LogP contribution in [0.1, 0.15) is 0 Å². The molecule has 0 radical (unpaired) electrons. The molecule has 0 aliphatic carbocycles. The monoisotopic (exact) mass is 563 g/mol. The minimum absolute atomic E-state index is 0.857. The molecule has 0 amide bonds. The van der Waals surface area contributed by atoms with Gasteiger partial charge in [0, 0.05) is 27.6 Å². The van der Waals surface area contributed by atoms with E-state index in [2.05, 4.69) is 163 Å². The van der Waals surface area contributed by atoms with E-state index in [9.17, 15) is 0 Å². The summed E-state index contributed by atoms with van der Waals surface area (Å²) in [6.07, 6.45) is 0. The number of anilines is 3. The molecule has 208 valence electrons. The third-order valence-corrected chi connectivity index (χ3v) is 8.27. The highest BCUT2D eigenvalue weighted by molar-refractivity contribution is 6.01. The van der Waals surface area contributed by atoms with Crippen LogP contribution in [0.15, 0.2) is 180 Å². The van der Waals surface area contributed by atoms with Gasteiger partial charge >= 0.3 is 0 Å². The summed E-state index contributed by atoms with van der Waals surface area (Å²) in [5.74, 6) is 0.857. The van der Waals surface area contributed by atoms with Crippen molar-refractivity contribution in [1.29, 1.82) is 0 Å².